The maximum absolute atomic E-state index is 12.4. The first-order valence-corrected chi connectivity index (χ1v) is 8.51. The van der Waals surface area contributed by atoms with Gasteiger partial charge in [0, 0.05) is 0 Å². The van der Waals surface area contributed by atoms with Gasteiger partial charge in [0.05, 0.1) is 23.5 Å². The van der Waals surface area contributed by atoms with Crippen molar-refractivity contribution in [2.45, 2.75) is 32.6 Å². The number of carbonyl (C=O) groups excluding carboxylic acids is 2. The molecule has 2 rings (SSSR count). The molecule has 0 fully saturated rings. The molecule has 26 heavy (non-hydrogen) atoms. The van der Waals surface area contributed by atoms with Crippen LogP contribution in [-0.2, 0) is 9.59 Å². The third kappa shape index (κ3) is 5.28. The zero-order valence-corrected chi connectivity index (χ0v) is 14.6. The summed E-state index contributed by atoms with van der Waals surface area (Å²) in [5, 5.41) is 9.82. The lowest BCUT2D eigenvalue weighted by molar-refractivity contribution is -0.154. The number of aromatic nitrogens is 2. The van der Waals surface area contributed by atoms with Crippen LogP contribution in [0.25, 0.3) is 11.0 Å². The number of nitrogens with one attached hydrogen (secondary N) is 3. The molecular formula is C17H23N5O4. The fourth-order valence-electron chi connectivity index (χ4n) is 2.55. The molecule has 1 heterocycles. The molecule has 0 spiro atoms. The highest BCUT2D eigenvalue weighted by atomic mass is 16.5. The molecule has 0 saturated carbocycles. The number of hydrazine groups is 1. The van der Waals surface area contributed by atoms with Crippen LogP contribution in [0.5, 0.6) is 0 Å². The quantitative estimate of drug-likeness (QED) is 0.219. The van der Waals surface area contributed by atoms with Crippen LogP contribution in [0.1, 0.15) is 32.6 Å². The van der Waals surface area contributed by atoms with Gasteiger partial charge in [-0.05, 0) is 18.6 Å². The minimum Gasteiger partial charge on any atom is -0.317 e. The van der Waals surface area contributed by atoms with Crippen molar-refractivity contribution in [3.8, 4) is 0 Å². The Kier molecular flexibility index (Phi) is 7.10. The molecule has 0 radical (unpaired) electrons. The summed E-state index contributed by atoms with van der Waals surface area (Å²) in [5.74, 6) is -1.08. The molecule has 0 aliphatic heterocycles. The van der Waals surface area contributed by atoms with Gasteiger partial charge < -0.3 is 4.98 Å². The van der Waals surface area contributed by atoms with Crippen LogP contribution in [0.15, 0.2) is 29.1 Å². The number of amides is 2. The summed E-state index contributed by atoms with van der Waals surface area (Å²) in [6.07, 6.45) is 3.47. The molecule has 4 N–H and O–H groups in total. The molecule has 0 aliphatic carbocycles. The van der Waals surface area contributed by atoms with Gasteiger partial charge in [0.15, 0.2) is 0 Å². The smallest absolute Gasteiger partial charge is 0.292 e. The van der Waals surface area contributed by atoms with E-state index in [1.54, 1.807) is 24.3 Å². The molecule has 9 nitrogen and oxygen atoms in total. The second-order valence-electron chi connectivity index (χ2n) is 5.97. The predicted octanol–water partition coefficient (Wildman–Crippen LogP) is 1.41. The number of para-hydroxylation sites is 2. The van der Waals surface area contributed by atoms with E-state index in [-0.39, 0.29) is 18.8 Å². The Morgan fingerprint density at radius 2 is 2.15 bits per heavy atom. The van der Waals surface area contributed by atoms with E-state index in [2.05, 4.69) is 20.8 Å². The minimum absolute atomic E-state index is 0.0411. The normalized spacial score (nSPS) is 11.8. The topological polar surface area (TPSA) is 127 Å². The van der Waals surface area contributed by atoms with Crippen molar-refractivity contribution in [1.82, 2.24) is 20.5 Å². The van der Waals surface area contributed by atoms with Gasteiger partial charge in [-0.25, -0.2) is 10.0 Å². The molecular weight excluding hydrogens is 338 g/mol. The van der Waals surface area contributed by atoms with Crippen molar-refractivity contribution in [3.05, 3.63) is 34.6 Å². The van der Waals surface area contributed by atoms with Crippen LogP contribution in [0, 0.1) is 5.92 Å². The van der Waals surface area contributed by atoms with Gasteiger partial charge in [-0.15, -0.1) is 0 Å². The summed E-state index contributed by atoms with van der Waals surface area (Å²) in [5.41, 5.74) is 5.66. The third-order valence-electron chi connectivity index (χ3n) is 3.96. The van der Waals surface area contributed by atoms with E-state index in [4.69, 9.17) is 0 Å². The largest absolute Gasteiger partial charge is 0.317 e. The number of benzene rings is 1. The third-order valence-corrected chi connectivity index (χ3v) is 3.96. The number of hydrogen-bond donors (Lipinski definition) is 4. The Bertz CT molecular complexity index is 807. The van der Waals surface area contributed by atoms with E-state index in [1.807, 2.05) is 6.92 Å². The van der Waals surface area contributed by atoms with Crippen molar-refractivity contribution in [3.63, 3.8) is 0 Å². The van der Waals surface area contributed by atoms with Crippen molar-refractivity contribution < 1.29 is 14.8 Å². The SMILES string of the molecule is CCCCC[C@@H](CN(O)C=O)C(=O)NNc1nc2ccccc2[nH]c1=O. The number of fused-ring (bicyclic) bond motifs is 1. The molecule has 0 bridgehead atoms. The lowest BCUT2D eigenvalue weighted by atomic mass is 10.0. The Morgan fingerprint density at radius 1 is 1.38 bits per heavy atom. The van der Waals surface area contributed by atoms with Crippen LogP contribution in [0.2, 0.25) is 0 Å². The van der Waals surface area contributed by atoms with E-state index in [9.17, 15) is 19.6 Å². The number of anilines is 1. The number of carbonyl (C=O) groups is 2. The Morgan fingerprint density at radius 3 is 2.88 bits per heavy atom. The summed E-state index contributed by atoms with van der Waals surface area (Å²) >= 11 is 0. The van der Waals surface area contributed by atoms with Gasteiger partial charge in [0.25, 0.3) is 5.56 Å². The van der Waals surface area contributed by atoms with E-state index in [0.29, 0.717) is 22.5 Å². The second kappa shape index (κ2) is 9.52. The minimum atomic E-state index is -0.608. The number of H-pyrrole nitrogens is 1. The lowest BCUT2D eigenvalue weighted by Gasteiger charge is -2.19. The zero-order chi connectivity index (χ0) is 18.9. The predicted molar refractivity (Wildman–Crippen MR) is 96.3 cm³/mol. The molecule has 1 aromatic carbocycles. The van der Waals surface area contributed by atoms with Crippen LogP contribution in [0.3, 0.4) is 0 Å². The van der Waals surface area contributed by atoms with E-state index >= 15 is 0 Å². The highest BCUT2D eigenvalue weighted by molar-refractivity contribution is 5.80. The van der Waals surface area contributed by atoms with Crippen molar-refractivity contribution in [2.24, 2.45) is 5.92 Å². The first-order valence-electron chi connectivity index (χ1n) is 8.51. The second-order valence-corrected chi connectivity index (χ2v) is 5.97. The van der Waals surface area contributed by atoms with Gasteiger partial charge in [-0.3, -0.25) is 30.4 Å². The van der Waals surface area contributed by atoms with Gasteiger partial charge in [-0.2, -0.15) is 0 Å². The molecule has 0 saturated heterocycles. The van der Waals surface area contributed by atoms with Crippen molar-refractivity contribution >= 4 is 29.2 Å². The van der Waals surface area contributed by atoms with Gasteiger partial charge >= 0.3 is 0 Å². The summed E-state index contributed by atoms with van der Waals surface area (Å²) in [7, 11) is 0. The van der Waals surface area contributed by atoms with Gasteiger partial charge in [0.2, 0.25) is 18.1 Å². The van der Waals surface area contributed by atoms with Crippen LogP contribution in [0.4, 0.5) is 5.82 Å². The number of hydrogen-bond acceptors (Lipinski definition) is 6. The zero-order valence-electron chi connectivity index (χ0n) is 14.6. The van der Waals surface area contributed by atoms with Gasteiger partial charge in [-0.1, -0.05) is 38.3 Å². The molecule has 1 aromatic heterocycles. The summed E-state index contributed by atoms with van der Waals surface area (Å²) in [6, 6.07) is 7.03. The standard InChI is InChI=1S/C17H23N5O4/c1-2-3-4-7-12(10-22(26)11-23)16(24)21-20-15-17(25)19-14-9-6-5-8-13(14)18-15/h5-6,8-9,11-12,26H,2-4,7,10H2,1H3,(H,18,20)(H,19,25)(H,21,24)/t12-/m0/s1. The number of rotatable bonds is 10. The Balaban J connectivity index is 2.04. The van der Waals surface area contributed by atoms with Gasteiger partial charge in [0.1, 0.15) is 0 Å². The first kappa shape index (κ1) is 19.4. The van der Waals surface area contributed by atoms with Crippen molar-refractivity contribution in [2.75, 3.05) is 12.0 Å². The number of hydroxylamine groups is 2. The molecule has 0 unspecified atom stereocenters. The van der Waals surface area contributed by atoms with E-state index < -0.39 is 17.4 Å². The Hall–Kier alpha value is -2.94. The molecule has 140 valence electrons. The average Bonchev–Trinajstić information content (AvgIpc) is 2.65. The first-order chi connectivity index (χ1) is 12.5. The average molecular weight is 361 g/mol. The van der Waals surface area contributed by atoms with E-state index in [1.165, 1.54) is 0 Å². The van der Waals surface area contributed by atoms with Crippen molar-refractivity contribution in [1.29, 1.82) is 0 Å². The number of aromatic amines is 1. The summed E-state index contributed by atoms with van der Waals surface area (Å²) in [6.45, 7) is 1.92. The fraction of sp³-hybridized carbons (Fsp3) is 0.412. The lowest BCUT2D eigenvalue weighted by Crippen LogP contribution is -2.41. The van der Waals surface area contributed by atoms with Crippen LogP contribution >= 0.6 is 0 Å². The Labute approximate surface area is 150 Å². The molecule has 2 aromatic rings. The van der Waals surface area contributed by atoms with E-state index in [0.717, 1.165) is 19.3 Å². The highest BCUT2D eigenvalue weighted by Crippen LogP contribution is 2.12. The summed E-state index contributed by atoms with van der Waals surface area (Å²) < 4.78 is 0. The maximum atomic E-state index is 12.4. The molecule has 0 aliphatic rings. The monoisotopic (exact) mass is 361 g/mol. The number of nitrogens with zero attached hydrogens (tertiary/aromatic N) is 2. The number of unbranched alkanes of at least 4 members (excludes halogenated alkanes) is 2. The van der Waals surface area contributed by atoms with Crippen LogP contribution < -0.4 is 16.4 Å². The fourth-order valence-corrected chi connectivity index (χ4v) is 2.55. The van der Waals surface area contributed by atoms with Crippen LogP contribution in [-0.4, -0.2) is 39.1 Å². The molecule has 2 amide bonds. The highest BCUT2D eigenvalue weighted by Gasteiger charge is 2.21. The summed E-state index contributed by atoms with van der Waals surface area (Å²) in [4.78, 5) is 41.8. The molecule has 9 heteroatoms. The maximum Gasteiger partial charge on any atom is 0.292 e. The molecule has 1 atom stereocenters.